The molecule has 3 aliphatic heterocycles. The van der Waals surface area contributed by atoms with Crippen molar-refractivity contribution < 1.29 is 28.6 Å². The van der Waals surface area contributed by atoms with Gasteiger partial charge in [-0.05, 0) is 49.1 Å². The highest BCUT2D eigenvalue weighted by Gasteiger charge is 2.42. The maximum atomic E-state index is 13.6. The fraction of sp³-hybridized carbons (Fsp3) is 0.414. The van der Waals surface area contributed by atoms with Crippen molar-refractivity contribution in [3.05, 3.63) is 53.6 Å². The molecule has 0 aromatic heterocycles. The SMILES string of the molecule is CC[C@H](SC1=Nc2ccccc2C2=N[C@H](CCC(=O)NCc3ccc4c(c3)OCO4)C(=O)N12)C(=O)NCCCOC. The van der Waals surface area contributed by atoms with Crippen molar-refractivity contribution in [2.24, 2.45) is 9.98 Å². The number of hydrogen-bond donors (Lipinski definition) is 2. The number of amidine groups is 2. The maximum Gasteiger partial charge on any atom is 0.259 e. The molecular weight excluding hydrogens is 546 g/mol. The van der Waals surface area contributed by atoms with Gasteiger partial charge in [0.05, 0.1) is 10.9 Å². The van der Waals surface area contributed by atoms with Crippen LogP contribution in [0.15, 0.2) is 52.4 Å². The summed E-state index contributed by atoms with van der Waals surface area (Å²) in [5, 5.41) is 5.82. The second-order valence-corrected chi connectivity index (χ2v) is 10.9. The van der Waals surface area contributed by atoms with E-state index in [2.05, 4.69) is 10.6 Å². The zero-order chi connectivity index (χ0) is 28.8. The van der Waals surface area contributed by atoms with Gasteiger partial charge in [0.25, 0.3) is 5.91 Å². The summed E-state index contributed by atoms with van der Waals surface area (Å²) in [5.41, 5.74) is 2.33. The van der Waals surface area contributed by atoms with Crippen LogP contribution >= 0.6 is 11.8 Å². The van der Waals surface area contributed by atoms with E-state index in [4.69, 9.17) is 24.2 Å². The largest absolute Gasteiger partial charge is 0.454 e. The van der Waals surface area contributed by atoms with E-state index >= 15 is 0 Å². The van der Waals surface area contributed by atoms with Gasteiger partial charge in [0.2, 0.25) is 18.6 Å². The predicted molar refractivity (Wildman–Crippen MR) is 156 cm³/mol. The molecule has 3 heterocycles. The number of nitrogens with one attached hydrogen (secondary N) is 2. The van der Waals surface area contributed by atoms with Crippen molar-refractivity contribution in [1.29, 1.82) is 0 Å². The van der Waals surface area contributed by atoms with Crippen LogP contribution in [0.25, 0.3) is 0 Å². The van der Waals surface area contributed by atoms with Gasteiger partial charge in [-0.2, -0.15) is 0 Å². The van der Waals surface area contributed by atoms with Crippen LogP contribution in [0.5, 0.6) is 11.5 Å². The smallest absolute Gasteiger partial charge is 0.259 e. The summed E-state index contributed by atoms with van der Waals surface area (Å²) in [6.07, 6.45) is 1.66. The molecule has 3 aliphatic rings. The highest BCUT2D eigenvalue weighted by Crippen LogP contribution is 2.36. The van der Waals surface area contributed by atoms with Gasteiger partial charge in [-0.15, -0.1) is 0 Å². The van der Waals surface area contributed by atoms with Crippen molar-refractivity contribution >= 4 is 46.2 Å². The minimum Gasteiger partial charge on any atom is -0.454 e. The molecule has 11 nitrogen and oxygen atoms in total. The van der Waals surface area contributed by atoms with Crippen LogP contribution in [0.4, 0.5) is 5.69 Å². The van der Waals surface area contributed by atoms with Crippen LogP contribution in [0.1, 0.15) is 43.7 Å². The van der Waals surface area contributed by atoms with Crippen molar-refractivity contribution in [3.8, 4) is 11.5 Å². The second-order valence-electron chi connectivity index (χ2n) is 9.71. The second kappa shape index (κ2) is 13.2. The zero-order valence-corrected chi connectivity index (χ0v) is 23.9. The molecule has 3 amide bonds. The number of aliphatic imine (C=N–C) groups is 2. The van der Waals surface area contributed by atoms with E-state index in [1.807, 2.05) is 49.4 Å². The lowest BCUT2D eigenvalue weighted by molar-refractivity contribution is -0.125. The molecule has 5 rings (SSSR count). The van der Waals surface area contributed by atoms with Crippen LogP contribution in [0.2, 0.25) is 0 Å². The number of rotatable bonds is 12. The third-order valence-corrected chi connectivity index (χ3v) is 8.17. The number of thioether (sulfide) groups is 1. The summed E-state index contributed by atoms with van der Waals surface area (Å²) in [7, 11) is 1.62. The van der Waals surface area contributed by atoms with Gasteiger partial charge in [0, 0.05) is 38.8 Å². The Morgan fingerprint density at radius 1 is 1.17 bits per heavy atom. The lowest BCUT2D eigenvalue weighted by atomic mass is 10.1. The molecule has 0 saturated heterocycles. The van der Waals surface area contributed by atoms with E-state index < -0.39 is 11.3 Å². The van der Waals surface area contributed by atoms with E-state index in [1.54, 1.807) is 7.11 Å². The Balaban J connectivity index is 1.23. The molecule has 0 radical (unpaired) electrons. The monoisotopic (exact) mass is 579 g/mol. The van der Waals surface area contributed by atoms with E-state index in [-0.39, 0.29) is 37.4 Å². The van der Waals surface area contributed by atoms with E-state index in [0.717, 1.165) is 11.1 Å². The van der Waals surface area contributed by atoms with Gasteiger partial charge in [0.15, 0.2) is 16.7 Å². The van der Waals surface area contributed by atoms with Crippen LogP contribution in [0, 0.1) is 0 Å². The van der Waals surface area contributed by atoms with Gasteiger partial charge >= 0.3 is 0 Å². The normalized spacial score (nSPS) is 17.4. The molecule has 0 saturated carbocycles. The first-order valence-corrected chi connectivity index (χ1v) is 14.5. The first-order chi connectivity index (χ1) is 20.0. The fourth-order valence-electron chi connectivity index (χ4n) is 4.67. The Morgan fingerprint density at radius 2 is 2.00 bits per heavy atom. The van der Waals surface area contributed by atoms with Crippen molar-refractivity contribution in [2.45, 2.75) is 50.4 Å². The number of ether oxygens (including phenoxy) is 3. The lowest BCUT2D eigenvalue weighted by Gasteiger charge is -2.27. The molecule has 41 heavy (non-hydrogen) atoms. The van der Waals surface area contributed by atoms with Gasteiger partial charge in [-0.3, -0.25) is 19.4 Å². The average Bonchev–Trinajstić information content (AvgIpc) is 3.59. The Kier molecular flexibility index (Phi) is 9.20. The fourth-order valence-corrected chi connectivity index (χ4v) is 5.71. The van der Waals surface area contributed by atoms with Gasteiger partial charge in [-0.1, -0.05) is 36.9 Å². The lowest BCUT2D eigenvalue weighted by Crippen LogP contribution is -2.43. The number of para-hydroxylation sites is 1. The van der Waals surface area contributed by atoms with Crippen LogP contribution in [-0.4, -0.2) is 72.0 Å². The number of carbonyl (C=O) groups excluding carboxylic acids is 3. The van der Waals surface area contributed by atoms with Crippen molar-refractivity contribution in [3.63, 3.8) is 0 Å². The quantitative estimate of drug-likeness (QED) is 0.370. The summed E-state index contributed by atoms with van der Waals surface area (Å²) in [6.45, 7) is 3.52. The summed E-state index contributed by atoms with van der Waals surface area (Å²) in [5.74, 6) is 1.30. The predicted octanol–water partition coefficient (Wildman–Crippen LogP) is 3.13. The maximum absolute atomic E-state index is 13.6. The Labute approximate surface area is 242 Å². The van der Waals surface area contributed by atoms with Gasteiger partial charge in [0.1, 0.15) is 11.9 Å². The molecule has 2 N–H and O–H groups in total. The highest BCUT2D eigenvalue weighted by atomic mass is 32.2. The first-order valence-electron chi connectivity index (χ1n) is 13.7. The Bertz CT molecular complexity index is 1380. The molecular formula is C29H33N5O6S. The molecule has 2 aromatic carbocycles. The van der Waals surface area contributed by atoms with Gasteiger partial charge in [-0.25, -0.2) is 9.89 Å². The summed E-state index contributed by atoms with van der Waals surface area (Å²) in [4.78, 5) is 50.1. The molecule has 12 heteroatoms. The van der Waals surface area contributed by atoms with E-state index in [1.165, 1.54) is 16.7 Å². The zero-order valence-electron chi connectivity index (χ0n) is 23.1. The summed E-state index contributed by atoms with van der Waals surface area (Å²) in [6, 6.07) is 12.3. The standard InChI is InChI=1S/C29H33N5O6S/c1-3-24(27(36)30-13-6-14-38-2)41-29-33-20-8-5-4-7-19(20)26-32-21(28(37)34(26)29)10-12-25(35)31-16-18-9-11-22-23(15-18)40-17-39-22/h4-5,7-9,11,15,21,24H,3,6,10,12-14,16-17H2,1-2H3,(H,30,36)(H,31,35)/t21-,24+/m1/s1. The van der Waals surface area contributed by atoms with Crippen LogP contribution in [-0.2, 0) is 25.7 Å². The minimum absolute atomic E-state index is 0.115. The van der Waals surface area contributed by atoms with E-state index in [9.17, 15) is 14.4 Å². The average molecular weight is 580 g/mol. The minimum atomic E-state index is -0.721. The number of benzene rings is 2. The molecule has 2 atom stereocenters. The van der Waals surface area contributed by atoms with Crippen molar-refractivity contribution in [1.82, 2.24) is 15.5 Å². The summed E-state index contributed by atoms with van der Waals surface area (Å²) >= 11 is 1.25. The molecule has 0 fully saturated rings. The third-order valence-electron chi connectivity index (χ3n) is 6.85. The summed E-state index contributed by atoms with van der Waals surface area (Å²) < 4.78 is 15.8. The molecule has 0 unspecified atom stereocenters. The third kappa shape index (κ3) is 6.54. The van der Waals surface area contributed by atoms with Crippen LogP contribution < -0.4 is 20.1 Å². The van der Waals surface area contributed by atoms with Crippen molar-refractivity contribution in [2.75, 3.05) is 27.1 Å². The number of methoxy groups -OCH3 is 1. The Hall–Kier alpha value is -3.90. The number of fused-ring (bicyclic) bond motifs is 4. The van der Waals surface area contributed by atoms with E-state index in [0.29, 0.717) is 60.7 Å². The van der Waals surface area contributed by atoms with Crippen LogP contribution in [0.3, 0.4) is 0 Å². The van der Waals surface area contributed by atoms with Gasteiger partial charge < -0.3 is 24.8 Å². The molecule has 216 valence electrons. The highest BCUT2D eigenvalue weighted by molar-refractivity contribution is 8.15. The molecule has 0 spiro atoms. The first kappa shape index (κ1) is 28.6. The molecule has 2 aromatic rings. The number of amides is 3. The number of hydrogen-bond acceptors (Lipinski definition) is 9. The molecule has 0 aliphatic carbocycles. The Morgan fingerprint density at radius 3 is 2.83 bits per heavy atom. The topological polar surface area (TPSA) is 131 Å². The number of nitrogens with zero attached hydrogens (tertiary/aromatic N) is 3. The number of carbonyl (C=O) groups is 3. The molecule has 0 bridgehead atoms.